The highest BCUT2D eigenvalue weighted by Gasteiger charge is 2.43. The van der Waals surface area contributed by atoms with E-state index >= 15 is 13.2 Å². The maximum absolute atomic E-state index is 15.7. The summed E-state index contributed by atoms with van der Waals surface area (Å²) < 4.78 is 58.6. The number of amides is 1. The van der Waals surface area contributed by atoms with Gasteiger partial charge in [-0.05, 0) is 33.0 Å². The Morgan fingerprint density at radius 2 is 1.98 bits per heavy atom. The van der Waals surface area contributed by atoms with E-state index in [0.717, 1.165) is 6.07 Å². The third-order valence-electron chi connectivity index (χ3n) is 8.52. The van der Waals surface area contributed by atoms with Crippen molar-refractivity contribution in [3.8, 4) is 0 Å². The molecule has 3 aromatic rings. The topological polar surface area (TPSA) is 102 Å². The molecule has 43 heavy (non-hydrogen) atoms. The smallest absolute Gasteiger partial charge is 0.298 e. The molecule has 2 fully saturated rings. The van der Waals surface area contributed by atoms with Crippen LogP contribution >= 0.6 is 0 Å². The van der Waals surface area contributed by atoms with Crippen molar-refractivity contribution in [2.24, 2.45) is 7.05 Å². The van der Waals surface area contributed by atoms with Gasteiger partial charge in [0.2, 0.25) is 5.91 Å². The fourth-order valence-electron chi connectivity index (χ4n) is 5.96. The number of nitrogens with one attached hydrogen (secondary N) is 1. The second-order valence-corrected chi connectivity index (χ2v) is 11.6. The predicted molar refractivity (Wildman–Crippen MR) is 155 cm³/mol. The molecule has 232 valence electrons. The van der Waals surface area contributed by atoms with Gasteiger partial charge in [0.1, 0.15) is 35.2 Å². The van der Waals surface area contributed by atoms with Crippen LogP contribution in [-0.2, 0) is 32.8 Å². The fraction of sp³-hybridized carbons (Fsp3) is 0.533. The normalized spacial score (nSPS) is 20.4. The molecule has 0 saturated carbocycles. The first-order chi connectivity index (χ1) is 20.3. The van der Waals surface area contributed by atoms with E-state index in [2.05, 4.69) is 15.3 Å². The summed E-state index contributed by atoms with van der Waals surface area (Å²) in [5.74, 6) is -4.12. The lowest BCUT2D eigenvalue weighted by atomic mass is 9.96. The van der Waals surface area contributed by atoms with Gasteiger partial charge in [-0.25, -0.2) is 14.4 Å². The number of fused-ring (bicyclic) bond motifs is 1. The lowest BCUT2D eigenvalue weighted by Gasteiger charge is -2.36. The van der Waals surface area contributed by atoms with Crippen LogP contribution in [0.3, 0.4) is 0 Å². The monoisotopic (exact) mass is 602 g/mol. The largest absolute Gasteiger partial charge is 0.370 e. The van der Waals surface area contributed by atoms with E-state index in [4.69, 9.17) is 9.47 Å². The van der Waals surface area contributed by atoms with Gasteiger partial charge in [0.05, 0.1) is 35.3 Å². The number of benzene rings is 1. The number of carbonyl (C=O) groups is 1. The molecular weight excluding hydrogens is 565 g/mol. The molecular formula is C30H37F3N6O4. The number of hydrogen-bond donors (Lipinski definition) is 1. The van der Waals surface area contributed by atoms with E-state index in [0.29, 0.717) is 43.0 Å². The van der Waals surface area contributed by atoms with Crippen LogP contribution in [0.25, 0.3) is 10.9 Å². The number of nitrogens with zero attached hydrogens (tertiary/aromatic N) is 5. The molecule has 1 unspecified atom stereocenters. The number of likely N-dealkylation sites (tertiary alicyclic amines) is 2. The van der Waals surface area contributed by atoms with Crippen molar-refractivity contribution < 1.29 is 27.4 Å². The van der Waals surface area contributed by atoms with Gasteiger partial charge in [-0.15, -0.1) is 0 Å². The number of alkyl halides is 2. The Morgan fingerprint density at radius 1 is 1.26 bits per heavy atom. The average molecular weight is 603 g/mol. The van der Waals surface area contributed by atoms with Crippen LogP contribution in [0.2, 0.25) is 0 Å². The minimum atomic E-state index is -3.53. The molecule has 1 aromatic carbocycles. The van der Waals surface area contributed by atoms with Crippen molar-refractivity contribution in [1.82, 2.24) is 24.3 Å². The summed E-state index contributed by atoms with van der Waals surface area (Å²) in [5.41, 5.74) is -1.40. The Kier molecular flexibility index (Phi) is 8.27. The van der Waals surface area contributed by atoms with Crippen LogP contribution in [0.4, 0.5) is 19.0 Å². The molecule has 1 amide bonds. The van der Waals surface area contributed by atoms with Gasteiger partial charge in [0.25, 0.3) is 11.5 Å². The van der Waals surface area contributed by atoms with Crippen molar-refractivity contribution in [3.05, 3.63) is 63.1 Å². The SMILES string of the molecule is COC1(c2cc3c(N[C@H](C)c4cccc(C(F)(F)COC5CN(C)C5)c4F)nc(C)nc3c(=O)n2C)CCN(C(C)=O)C1. The first-order valence-corrected chi connectivity index (χ1v) is 14.2. The number of carbonyl (C=O) groups excluding carboxylic acids is 1. The van der Waals surface area contributed by atoms with E-state index in [-0.39, 0.29) is 35.5 Å². The summed E-state index contributed by atoms with van der Waals surface area (Å²) in [4.78, 5) is 38.1. The fourth-order valence-corrected chi connectivity index (χ4v) is 5.96. The molecule has 0 bridgehead atoms. The minimum Gasteiger partial charge on any atom is -0.370 e. The van der Waals surface area contributed by atoms with Crippen LogP contribution in [-0.4, -0.2) is 83.3 Å². The third-order valence-corrected chi connectivity index (χ3v) is 8.52. The molecule has 4 heterocycles. The van der Waals surface area contributed by atoms with Gasteiger partial charge in [-0.1, -0.05) is 12.1 Å². The molecule has 5 rings (SSSR count). The number of aryl methyl sites for hydroxylation is 1. The van der Waals surface area contributed by atoms with Crippen LogP contribution in [0.1, 0.15) is 49.0 Å². The Balaban J connectivity index is 1.49. The summed E-state index contributed by atoms with van der Waals surface area (Å²) in [6.45, 7) is 5.65. The maximum Gasteiger partial charge on any atom is 0.298 e. The first-order valence-electron chi connectivity index (χ1n) is 14.2. The van der Waals surface area contributed by atoms with E-state index in [1.165, 1.54) is 30.7 Å². The third kappa shape index (κ3) is 5.73. The van der Waals surface area contributed by atoms with Crippen molar-refractivity contribution in [1.29, 1.82) is 0 Å². The van der Waals surface area contributed by atoms with Gasteiger partial charge >= 0.3 is 0 Å². The predicted octanol–water partition coefficient (Wildman–Crippen LogP) is 3.47. The number of likely N-dealkylation sites (N-methyl/N-ethyl adjacent to an activating group) is 1. The number of halogens is 3. The standard InChI is InChI=1S/C30H37F3N6O4/c1-17(21-8-7-9-23(25(21)31)30(32,33)16-43-20-13-37(4)14-20)34-27-22-12-24(29(42-6)10-11-39(15-29)19(3)40)38(5)28(41)26(22)35-18(2)36-27/h7-9,12,17,20H,10-11,13-16H2,1-6H3,(H,34,35,36)/t17-,29?/m1/s1. The second kappa shape index (κ2) is 11.5. The van der Waals surface area contributed by atoms with Crippen molar-refractivity contribution >= 4 is 22.6 Å². The average Bonchev–Trinajstić information content (AvgIpc) is 3.39. The van der Waals surface area contributed by atoms with Gasteiger partial charge < -0.3 is 29.2 Å². The van der Waals surface area contributed by atoms with Crippen LogP contribution in [0.5, 0.6) is 0 Å². The molecule has 2 aromatic heterocycles. The Hall–Kier alpha value is -3.55. The summed E-state index contributed by atoms with van der Waals surface area (Å²) in [5, 5.41) is 3.50. The molecule has 1 N–H and O–H groups in total. The highest BCUT2D eigenvalue weighted by molar-refractivity contribution is 5.89. The molecule has 2 atom stereocenters. The van der Waals surface area contributed by atoms with Gasteiger partial charge in [0, 0.05) is 52.7 Å². The van der Waals surface area contributed by atoms with Gasteiger partial charge in [0.15, 0.2) is 0 Å². The molecule has 2 aliphatic heterocycles. The van der Waals surface area contributed by atoms with Gasteiger partial charge in [-0.2, -0.15) is 8.78 Å². The number of pyridine rings is 1. The number of methoxy groups -OCH3 is 1. The van der Waals surface area contributed by atoms with Crippen molar-refractivity contribution in [2.45, 2.75) is 50.9 Å². The quantitative estimate of drug-likeness (QED) is 0.398. The van der Waals surface area contributed by atoms with Crippen molar-refractivity contribution in [3.63, 3.8) is 0 Å². The first kappa shape index (κ1) is 30.9. The maximum atomic E-state index is 15.7. The summed E-state index contributed by atoms with van der Waals surface area (Å²) in [7, 11) is 5.02. The molecule has 10 nitrogen and oxygen atoms in total. The van der Waals surface area contributed by atoms with E-state index in [1.54, 1.807) is 31.9 Å². The van der Waals surface area contributed by atoms with E-state index in [1.807, 2.05) is 11.9 Å². The number of hydrogen-bond acceptors (Lipinski definition) is 8. The van der Waals surface area contributed by atoms with Crippen LogP contribution in [0.15, 0.2) is 29.1 Å². The summed E-state index contributed by atoms with van der Waals surface area (Å²) in [6, 6.07) is 4.83. The summed E-state index contributed by atoms with van der Waals surface area (Å²) >= 11 is 0. The molecule has 0 radical (unpaired) electrons. The highest BCUT2D eigenvalue weighted by Crippen LogP contribution is 2.38. The Morgan fingerprint density at radius 3 is 2.60 bits per heavy atom. The zero-order chi connectivity index (χ0) is 31.3. The zero-order valence-electron chi connectivity index (χ0n) is 25.2. The second-order valence-electron chi connectivity index (χ2n) is 11.6. The van der Waals surface area contributed by atoms with Crippen molar-refractivity contribution in [2.75, 3.05) is 52.3 Å². The Bertz CT molecular complexity index is 1610. The molecule has 13 heteroatoms. The number of aromatic nitrogens is 3. The van der Waals surface area contributed by atoms with Gasteiger partial charge in [-0.3, -0.25) is 9.59 Å². The van der Waals surface area contributed by atoms with E-state index in [9.17, 15) is 9.59 Å². The summed E-state index contributed by atoms with van der Waals surface area (Å²) in [6.07, 6.45) is 0.169. The van der Waals surface area contributed by atoms with Crippen LogP contribution < -0.4 is 10.9 Å². The molecule has 0 spiro atoms. The number of ether oxygens (including phenoxy) is 2. The molecule has 2 aliphatic rings. The lowest BCUT2D eigenvalue weighted by molar-refractivity contribution is -0.134. The number of anilines is 1. The zero-order valence-corrected chi connectivity index (χ0v) is 25.2. The van der Waals surface area contributed by atoms with E-state index < -0.39 is 41.1 Å². The Labute approximate surface area is 247 Å². The molecule has 0 aliphatic carbocycles. The molecule has 2 saturated heterocycles. The lowest BCUT2D eigenvalue weighted by Crippen LogP contribution is -2.50. The minimum absolute atomic E-state index is 0.00952. The van der Waals surface area contributed by atoms with Crippen LogP contribution in [0, 0.1) is 12.7 Å². The number of rotatable bonds is 9. The highest BCUT2D eigenvalue weighted by atomic mass is 19.3.